The van der Waals surface area contributed by atoms with E-state index in [-0.39, 0.29) is 6.04 Å². The lowest BCUT2D eigenvalue weighted by molar-refractivity contribution is 0.756. The zero-order valence-corrected chi connectivity index (χ0v) is 11.9. The number of halogens is 1. The topological polar surface area (TPSA) is 53.6 Å². The average Bonchev–Trinajstić information content (AvgIpc) is 2.71. The summed E-state index contributed by atoms with van der Waals surface area (Å²) in [7, 11) is 1.90. The van der Waals surface area contributed by atoms with Gasteiger partial charge in [0.05, 0.1) is 22.3 Å². The molecule has 5 heteroatoms. The molecule has 0 fully saturated rings. The number of aryl methyl sites for hydroxylation is 2. The van der Waals surface area contributed by atoms with Crippen LogP contribution in [-0.2, 0) is 7.05 Å². The number of nitriles is 1. The smallest absolute Gasteiger partial charge is 0.101 e. The van der Waals surface area contributed by atoms with Gasteiger partial charge in [-0.05, 0) is 32.0 Å². The van der Waals surface area contributed by atoms with Crippen molar-refractivity contribution in [3.8, 4) is 6.07 Å². The lowest BCUT2D eigenvalue weighted by Crippen LogP contribution is -2.07. The number of hydrogen-bond acceptors (Lipinski definition) is 3. The zero-order valence-electron chi connectivity index (χ0n) is 11.1. The number of hydrogen-bond donors (Lipinski definition) is 1. The summed E-state index contributed by atoms with van der Waals surface area (Å²) >= 11 is 5.91. The lowest BCUT2D eigenvalue weighted by atomic mass is 10.1. The van der Waals surface area contributed by atoms with E-state index in [9.17, 15) is 0 Å². The molecule has 98 valence electrons. The van der Waals surface area contributed by atoms with Crippen LogP contribution < -0.4 is 5.32 Å². The molecule has 0 aliphatic heterocycles. The Morgan fingerprint density at radius 2 is 2.21 bits per heavy atom. The molecule has 4 nitrogen and oxygen atoms in total. The largest absolute Gasteiger partial charge is 0.378 e. The molecule has 1 aromatic carbocycles. The molecule has 0 bridgehead atoms. The van der Waals surface area contributed by atoms with Gasteiger partial charge in [0.25, 0.3) is 0 Å². The van der Waals surface area contributed by atoms with Gasteiger partial charge in [-0.2, -0.15) is 10.4 Å². The van der Waals surface area contributed by atoms with Gasteiger partial charge in [-0.15, -0.1) is 0 Å². The Kier molecular flexibility index (Phi) is 3.77. The molecule has 0 aliphatic rings. The van der Waals surface area contributed by atoms with Gasteiger partial charge in [-0.3, -0.25) is 4.68 Å². The summed E-state index contributed by atoms with van der Waals surface area (Å²) in [6.07, 6.45) is 1.99. The molecule has 1 unspecified atom stereocenters. The van der Waals surface area contributed by atoms with Crippen LogP contribution in [0.1, 0.15) is 29.8 Å². The minimum absolute atomic E-state index is 0.112. The Labute approximate surface area is 117 Å². The highest BCUT2D eigenvalue weighted by atomic mass is 35.5. The second-order valence-corrected chi connectivity index (χ2v) is 4.92. The van der Waals surface area contributed by atoms with Crippen molar-refractivity contribution in [2.24, 2.45) is 7.05 Å². The van der Waals surface area contributed by atoms with E-state index in [1.165, 1.54) is 0 Å². The van der Waals surface area contributed by atoms with Crippen molar-refractivity contribution in [1.29, 1.82) is 5.26 Å². The van der Waals surface area contributed by atoms with Crippen LogP contribution in [0.15, 0.2) is 24.4 Å². The monoisotopic (exact) mass is 274 g/mol. The highest BCUT2D eigenvalue weighted by Gasteiger charge is 2.12. The van der Waals surface area contributed by atoms with Gasteiger partial charge in [-0.25, -0.2) is 0 Å². The third-order valence-electron chi connectivity index (χ3n) is 2.99. The molecule has 1 aromatic heterocycles. The van der Waals surface area contributed by atoms with Gasteiger partial charge in [0.2, 0.25) is 0 Å². The van der Waals surface area contributed by atoms with Gasteiger partial charge in [-0.1, -0.05) is 11.6 Å². The van der Waals surface area contributed by atoms with E-state index in [0.717, 1.165) is 16.9 Å². The van der Waals surface area contributed by atoms with E-state index in [4.69, 9.17) is 16.9 Å². The second kappa shape index (κ2) is 5.33. The quantitative estimate of drug-likeness (QED) is 0.933. The SMILES string of the molecule is Cc1nn(C)cc1C(C)Nc1ccc(Cl)c(C#N)c1. The van der Waals surface area contributed by atoms with Crippen LogP contribution in [0.5, 0.6) is 0 Å². The molecular formula is C14H15ClN4. The first-order chi connectivity index (χ1) is 9.01. The van der Waals surface area contributed by atoms with Gasteiger partial charge in [0, 0.05) is 24.5 Å². The maximum atomic E-state index is 8.97. The summed E-state index contributed by atoms with van der Waals surface area (Å²) in [5.74, 6) is 0. The predicted molar refractivity (Wildman–Crippen MR) is 76.1 cm³/mol. The van der Waals surface area contributed by atoms with Crippen molar-refractivity contribution in [1.82, 2.24) is 9.78 Å². The highest BCUT2D eigenvalue weighted by molar-refractivity contribution is 6.31. The van der Waals surface area contributed by atoms with E-state index in [1.54, 1.807) is 16.8 Å². The summed E-state index contributed by atoms with van der Waals surface area (Å²) in [6, 6.07) is 7.54. The predicted octanol–water partition coefficient (Wildman–Crippen LogP) is 3.43. The number of nitrogens with one attached hydrogen (secondary N) is 1. The number of rotatable bonds is 3. The summed E-state index contributed by atoms with van der Waals surface area (Å²) in [6.45, 7) is 4.04. The third kappa shape index (κ3) is 2.88. The van der Waals surface area contributed by atoms with Crippen LogP contribution >= 0.6 is 11.6 Å². The Morgan fingerprint density at radius 1 is 1.47 bits per heavy atom. The molecule has 0 aliphatic carbocycles. The van der Waals surface area contributed by atoms with Crippen molar-refractivity contribution in [3.63, 3.8) is 0 Å². The maximum Gasteiger partial charge on any atom is 0.101 e. The summed E-state index contributed by atoms with van der Waals surface area (Å²) in [5.41, 5.74) is 3.48. The molecular weight excluding hydrogens is 260 g/mol. The summed E-state index contributed by atoms with van der Waals surface area (Å²) < 4.78 is 1.80. The van der Waals surface area contributed by atoms with Crippen LogP contribution in [0.2, 0.25) is 5.02 Å². The molecule has 1 N–H and O–H groups in total. The third-order valence-corrected chi connectivity index (χ3v) is 3.32. The molecule has 2 rings (SSSR count). The normalized spacial score (nSPS) is 11.9. The molecule has 0 saturated carbocycles. The summed E-state index contributed by atoms with van der Waals surface area (Å²) in [4.78, 5) is 0. The highest BCUT2D eigenvalue weighted by Crippen LogP contribution is 2.24. The van der Waals surface area contributed by atoms with Crippen LogP contribution in [0, 0.1) is 18.3 Å². The standard InChI is InChI=1S/C14H15ClN4/c1-9(13-8-19(3)18-10(13)2)17-12-4-5-14(15)11(6-12)7-16/h4-6,8-9,17H,1-3H3. The number of benzene rings is 1. The van der Waals surface area contributed by atoms with Crippen molar-refractivity contribution in [2.45, 2.75) is 19.9 Å². The molecule has 0 amide bonds. The fourth-order valence-electron chi connectivity index (χ4n) is 2.07. The minimum Gasteiger partial charge on any atom is -0.378 e. The van der Waals surface area contributed by atoms with Gasteiger partial charge < -0.3 is 5.32 Å². The molecule has 0 radical (unpaired) electrons. The van der Waals surface area contributed by atoms with E-state index >= 15 is 0 Å². The first-order valence-electron chi connectivity index (χ1n) is 5.97. The first-order valence-corrected chi connectivity index (χ1v) is 6.35. The lowest BCUT2D eigenvalue weighted by Gasteiger charge is -2.15. The second-order valence-electron chi connectivity index (χ2n) is 4.52. The first kappa shape index (κ1) is 13.4. The molecule has 1 heterocycles. The number of nitrogens with zero attached hydrogens (tertiary/aromatic N) is 3. The van der Waals surface area contributed by atoms with Gasteiger partial charge >= 0.3 is 0 Å². The molecule has 19 heavy (non-hydrogen) atoms. The summed E-state index contributed by atoms with van der Waals surface area (Å²) in [5, 5.41) is 17.1. The number of aromatic nitrogens is 2. The van der Waals surface area contributed by atoms with E-state index in [1.807, 2.05) is 26.2 Å². The van der Waals surface area contributed by atoms with Crippen LogP contribution in [-0.4, -0.2) is 9.78 Å². The molecule has 0 saturated heterocycles. The van der Waals surface area contributed by atoms with E-state index in [0.29, 0.717) is 10.6 Å². The van der Waals surface area contributed by atoms with Crippen LogP contribution in [0.3, 0.4) is 0 Å². The van der Waals surface area contributed by atoms with Crippen molar-refractivity contribution < 1.29 is 0 Å². The van der Waals surface area contributed by atoms with Crippen LogP contribution in [0.4, 0.5) is 5.69 Å². The van der Waals surface area contributed by atoms with Crippen molar-refractivity contribution in [3.05, 3.63) is 46.2 Å². The van der Waals surface area contributed by atoms with E-state index in [2.05, 4.69) is 23.4 Å². The van der Waals surface area contributed by atoms with E-state index < -0.39 is 0 Å². The maximum absolute atomic E-state index is 8.97. The zero-order chi connectivity index (χ0) is 14.0. The molecule has 2 aromatic rings. The van der Waals surface area contributed by atoms with Crippen molar-refractivity contribution in [2.75, 3.05) is 5.32 Å². The fourth-order valence-corrected chi connectivity index (χ4v) is 2.23. The van der Waals surface area contributed by atoms with Gasteiger partial charge in [0.1, 0.15) is 6.07 Å². The Bertz CT molecular complexity index is 639. The Balaban J connectivity index is 2.22. The average molecular weight is 275 g/mol. The molecule has 1 atom stereocenters. The van der Waals surface area contributed by atoms with Crippen LogP contribution in [0.25, 0.3) is 0 Å². The fraction of sp³-hybridized carbons (Fsp3) is 0.286. The van der Waals surface area contributed by atoms with Crippen molar-refractivity contribution >= 4 is 17.3 Å². The Morgan fingerprint density at radius 3 is 2.79 bits per heavy atom. The Hall–Kier alpha value is -1.99. The number of anilines is 1. The van der Waals surface area contributed by atoms with Gasteiger partial charge in [0.15, 0.2) is 0 Å². The minimum atomic E-state index is 0.112. The molecule has 0 spiro atoms.